The van der Waals surface area contributed by atoms with Crippen molar-refractivity contribution >= 4 is 42.3 Å². The van der Waals surface area contributed by atoms with Gasteiger partial charge in [0.15, 0.2) is 20.5 Å². The van der Waals surface area contributed by atoms with Crippen molar-refractivity contribution in [3.63, 3.8) is 0 Å². The van der Waals surface area contributed by atoms with Gasteiger partial charge >= 0.3 is 5.97 Å². The summed E-state index contributed by atoms with van der Waals surface area (Å²) in [5.74, 6) is -1.09. The molecule has 0 spiro atoms. The summed E-state index contributed by atoms with van der Waals surface area (Å²) in [5.41, 5.74) is 0.715. The van der Waals surface area contributed by atoms with Gasteiger partial charge in [0.25, 0.3) is 0 Å². The Morgan fingerprint density at radius 1 is 1.42 bits per heavy atom. The SMILES string of the molecule is CS(=O)(=O)c1ccc2c(c1)sc1nc(C(=O)O)cn12. The number of rotatable bonds is 2. The van der Waals surface area contributed by atoms with Gasteiger partial charge in [-0.3, -0.25) is 4.40 Å². The van der Waals surface area contributed by atoms with Crippen molar-refractivity contribution < 1.29 is 18.3 Å². The molecule has 0 amide bonds. The fraction of sp³-hybridized carbons (Fsp3) is 0.0909. The predicted octanol–water partition coefficient (Wildman–Crippen LogP) is 1.65. The number of fused-ring (bicyclic) bond motifs is 3. The lowest BCUT2D eigenvalue weighted by Crippen LogP contribution is -1.96. The number of hydrogen-bond donors (Lipinski definition) is 1. The van der Waals surface area contributed by atoms with Gasteiger partial charge in [-0.15, -0.1) is 0 Å². The molecule has 2 heterocycles. The van der Waals surface area contributed by atoms with E-state index in [1.807, 2.05) is 0 Å². The maximum Gasteiger partial charge on any atom is 0.356 e. The lowest BCUT2D eigenvalue weighted by molar-refractivity contribution is 0.0691. The van der Waals surface area contributed by atoms with Crippen LogP contribution < -0.4 is 0 Å². The van der Waals surface area contributed by atoms with Crippen LogP contribution >= 0.6 is 11.3 Å². The number of sulfone groups is 1. The molecular weight excluding hydrogens is 288 g/mol. The Morgan fingerprint density at radius 2 is 2.16 bits per heavy atom. The highest BCUT2D eigenvalue weighted by Crippen LogP contribution is 2.28. The van der Waals surface area contributed by atoms with Crippen LogP contribution in [0.1, 0.15) is 10.5 Å². The zero-order chi connectivity index (χ0) is 13.8. The second-order valence-corrected chi connectivity index (χ2v) is 7.11. The topological polar surface area (TPSA) is 88.7 Å². The minimum absolute atomic E-state index is 0.0275. The molecule has 8 heteroatoms. The van der Waals surface area contributed by atoms with Crippen LogP contribution in [-0.4, -0.2) is 35.1 Å². The third-order valence-electron chi connectivity index (χ3n) is 2.71. The molecule has 0 unspecified atom stereocenters. The number of thiazole rings is 1. The van der Waals surface area contributed by atoms with E-state index in [0.29, 0.717) is 4.96 Å². The summed E-state index contributed by atoms with van der Waals surface area (Å²) in [5, 5.41) is 8.88. The number of carboxylic acids is 1. The van der Waals surface area contributed by atoms with Gasteiger partial charge in [-0.1, -0.05) is 11.3 Å². The summed E-state index contributed by atoms with van der Waals surface area (Å²) < 4.78 is 25.4. The molecule has 0 saturated heterocycles. The van der Waals surface area contributed by atoms with E-state index in [2.05, 4.69) is 4.98 Å². The van der Waals surface area contributed by atoms with Gasteiger partial charge in [-0.05, 0) is 18.2 Å². The zero-order valence-corrected chi connectivity index (χ0v) is 11.3. The first-order valence-corrected chi connectivity index (χ1v) is 7.92. The van der Waals surface area contributed by atoms with Crippen molar-refractivity contribution in [2.45, 2.75) is 4.90 Å². The highest BCUT2D eigenvalue weighted by Gasteiger charge is 2.15. The molecular formula is C11H8N2O4S2. The van der Waals surface area contributed by atoms with Gasteiger partial charge in [0.2, 0.25) is 0 Å². The third-order valence-corrected chi connectivity index (χ3v) is 4.84. The Kier molecular flexibility index (Phi) is 2.41. The van der Waals surface area contributed by atoms with Crippen LogP contribution in [0.4, 0.5) is 0 Å². The van der Waals surface area contributed by atoms with E-state index in [9.17, 15) is 13.2 Å². The van der Waals surface area contributed by atoms with E-state index in [-0.39, 0.29) is 10.6 Å². The van der Waals surface area contributed by atoms with E-state index >= 15 is 0 Å². The van der Waals surface area contributed by atoms with Gasteiger partial charge in [0.1, 0.15) is 0 Å². The van der Waals surface area contributed by atoms with E-state index in [1.165, 1.54) is 23.6 Å². The van der Waals surface area contributed by atoms with Crippen molar-refractivity contribution in [3.05, 3.63) is 30.1 Å². The highest BCUT2D eigenvalue weighted by molar-refractivity contribution is 7.90. The van der Waals surface area contributed by atoms with Crippen molar-refractivity contribution in [2.24, 2.45) is 0 Å². The summed E-state index contributed by atoms with van der Waals surface area (Å²) in [4.78, 5) is 15.6. The van der Waals surface area contributed by atoms with Gasteiger partial charge in [-0.2, -0.15) is 0 Å². The van der Waals surface area contributed by atoms with E-state index in [0.717, 1.165) is 16.5 Å². The van der Waals surface area contributed by atoms with Crippen molar-refractivity contribution in [1.82, 2.24) is 9.38 Å². The molecule has 0 fully saturated rings. The van der Waals surface area contributed by atoms with Crippen LogP contribution in [0.25, 0.3) is 15.2 Å². The smallest absolute Gasteiger partial charge is 0.356 e. The number of carboxylic acid groups (broad SMARTS) is 1. The minimum Gasteiger partial charge on any atom is -0.476 e. The maximum atomic E-state index is 11.5. The fourth-order valence-electron chi connectivity index (χ4n) is 1.82. The molecule has 1 N–H and O–H groups in total. The quantitative estimate of drug-likeness (QED) is 0.776. The Labute approximate surface area is 111 Å². The van der Waals surface area contributed by atoms with Crippen molar-refractivity contribution in [3.8, 4) is 0 Å². The Hall–Kier alpha value is -1.93. The maximum absolute atomic E-state index is 11.5. The summed E-state index contributed by atoms with van der Waals surface area (Å²) in [6, 6.07) is 4.73. The summed E-state index contributed by atoms with van der Waals surface area (Å²) in [7, 11) is -3.25. The summed E-state index contributed by atoms with van der Waals surface area (Å²) in [6.07, 6.45) is 2.58. The third kappa shape index (κ3) is 1.89. The number of carbonyl (C=O) groups is 1. The first-order valence-electron chi connectivity index (χ1n) is 5.21. The molecule has 0 aliphatic carbocycles. The van der Waals surface area contributed by atoms with Gasteiger partial charge in [-0.25, -0.2) is 18.2 Å². The van der Waals surface area contributed by atoms with Crippen LogP contribution in [0.2, 0.25) is 0 Å². The molecule has 3 rings (SSSR count). The zero-order valence-electron chi connectivity index (χ0n) is 9.69. The molecule has 0 atom stereocenters. The molecule has 0 saturated carbocycles. The molecule has 0 bridgehead atoms. The Morgan fingerprint density at radius 3 is 2.79 bits per heavy atom. The van der Waals surface area contributed by atoms with Crippen LogP contribution in [-0.2, 0) is 9.84 Å². The second kappa shape index (κ2) is 3.78. The molecule has 0 radical (unpaired) electrons. The minimum atomic E-state index is -3.25. The largest absolute Gasteiger partial charge is 0.476 e. The molecule has 2 aromatic heterocycles. The first kappa shape index (κ1) is 12.1. The Balaban J connectivity index is 2.30. The van der Waals surface area contributed by atoms with E-state index in [1.54, 1.807) is 16.5 Å². The highest BCUT2D eigenvalue weighted by atomic mass is 32.2. The number of aromatic nitrogens is 2. The van der Waals surface area contributed by atoms with E-state index in [4.69, 9.17) is 5.11 Å². The second-order valence-electron chi connectivity index (χ2n) is 4.09. The van der Waals surface area contributed by atoms with Crippen molar-refractivity contribution in [1.29, 1.82) is 0 Å². The molecule has 19 heavy (non-hydrogen) atoms. The number of hydrogen-bond acceptors (Lipinski definition) is 5. The molecule has 98 valence electrons. The predicted molar refractivity (Wildman–Crippen MR) is 70.6 cm³/mol. The van der Waals surface area contributed by atoms with Crippen LogP contribution in [0.3, 0.4) is 0 Å². The molecule has 0 aliphatic rings. The molecule has 0 aliphatic heterocycles. The van der Waals surface area contributed by atoms with Gasteiger partial charge in [0.05, 0.1) is 15.1 Å². The molecule has 3 aromatic rings. The standard InChI is InChI=1S/C11H8N2O4S2/c1-19(16,17)6-2-3-8-9(4-6)18-11-12-7(10(14)15)5-13(8)11/h2-5H,1H3,(H,14,15). The van der Waals surface area contributed by atoms with Crippen LogP contribution in [0.5, 0.6) is 0 Å². The number of imidazole rings is 1. The van der Waals surface area contributed by atoms with Gasteiger partial charge in [0, 0.05) is 12.5 Å². The van der Waals surface area contributed by atoms with Gasteiger partial charge < -0.3 is 5.11 Å². The van der Waals surface area contributed by atoms with E-state index < -0.39 is 15.8 Å². The number of aromatic carboxylic acids is 1. The Bertz CT molecular complexity index is 921. The molecule has 6 nitrogen and oxygen atoms in total. The summed E-state index contributed by atoms with van der Waals surface area (Å²) in [6.45, 7) is 0. The van der Waals surface area contributed by atoms with Crippen molar-refractivity contribution in [2.75, 3.05) is 6.26 Å². The number of nitrogens with zero attached hydrogens (tertiary/aromatic N) is 2. The average molecular weight is 296 g/mol. The normalized spacial score (nSPS) is 12.3. The first-order chi connectivity index (χ1) is 8.86. The lowest BCUT2D eigenvalue weighted by Gasteiger charge is -1.97. The lowest BCUT2D eigenvalue weighted by atomic mass is 10.3. The monoisotopic (exact) mass is 296 g/mol. The summed E-state index contributed by atoms with van der Waals surface area (Å²) >= 11 is 1.25. The fourth-order valence-corrected chi connectivity index (χ4v) is 3.58. The van der Waals surface area contributed by atoms with Crippen LogP contribution in [0.15, 0.2) is 29.3 Å². The average Bonchev–Trinajstić information content (AvgIpc) is 2.83. The number of benzene rings is 1. The molecule has 1 aromatic carbocycles. The van der Waals surface area contributed by atoms with Crippen LogP contribution in [0, 0.1) is 0 Å².